The van der Waals surface area contributed by atoms with Gasteiger partial charge in [0.15, 0.2) is 5.58 Å². The van der Waals surface area contributed by atoms with E-state index < -0.39 is 11.9 Å². The van der Waals surface area contributed by atoms with E-state index in [1.165, 1.54) is 18.2 Å². The molecule has 0 saturated carbocycles. The molecule has 1 heterocycles. The third-order valence-corrected chi connectivity index (χ3v) is 4.02. The average Bonchev–Trinajstić information content (AvgIpc) is 3.11. The van der Waals surface area contributed by atoms with Crippen molar-refractivity contribution in [2.45, 2.75) is 20.3 Å². The molecule has 3 aromatic rings. The second-order valence-electron chi connectivity index (χ2n) is 6.09. The van der Waals surface area contributed by atoms with Crippen LogP contribution in [0.4, 0.5) is 5.69 Å². The van der Waals surface area contributed by atoms with Gasteiger partial charge in [0.2, 0.25) is 5.91 Å². The Labute approximate surface area is 166 Å². The minimum atomic E-state index is -0.600. The minimum Gasteiger partial charge on any atom is -0.462 e. The molecule has 2 aromatic carbocycles. The molecule has 0 spiro atoms. The van der Waals surface area contributed by atoms with Crippen molar-refractivity contribution < 1.29 is 28.4 Å². The lowest BCUT2D eigenvalue weighted by atomic mass is 10.1. The summed E-state index contributed by atoms with van der Waals surface area (Å²) < 4.78 is 15.2. The van der Waals surface area contributed by atoms with Gasteiger partial charge in [-0.2, -0.15) is 0 Å². The zero-order valence-electron chi connectivity index (χ0n) is 16.1. The number of anilines is 1. The summed E-state index contributed by atoms with van der Waals surface area (Å²) in [6.45, 7) is 3.73. The molecule has 0 bridgehead atoms. The van der Waals surface area contributed by atoms with E-state index in [9.17, 15) is 14.4 Å². The number of fused-ring (bicyclic) bond motifs is 1. The number of para-hydroxylation sites is 1. The Morgan fingerprint density at radius 2 is 1.59 bits per heavy atom. The van der Waals surface area contributed by atoms with Crippen LogP contribution in [0.2, 0.25) is 0 Å². The lowest BCUT2D eigenvalue weighted by molar-refractivity contribution is -0.115. The quantitative estimate of drug-likeness (QED) is 0.610. The molecule has 1 aromatic heterocycles. The molecular weight excluding hydrogens is 376 g/mol. The highest BCUT2D eigenvalue weighted by Gasteiger charge is 2.17. The third kappa shape index (κ3) is 4.78. The smallest absolute Gasteiger partial charge is 0.338 e. The van der Waals surface area contributed by atoms with E-state index in [0.717, 1.165) is 5.39 Å². The van der Waals surface area contributed by atoms with E-state index in [1.54, 1.807) is 19.9 Å². The van der Waals surface area contributed by atoms with Crippen LogP contribution in [0.1, 0.15) is 40.3 Å². The van der Waals surface area contributed by atoms with Gasteiger partial charge >= 0.3 is 11.9 Å². The molecule has 0 aliphatic carbocycles. The number of ether oxygens (including phenoxy) is 2. The van der Waals surface area contributed by atoms with Gasteiger partial charge in [0, 0.05) is 11.1 Å². The predicted molar refractivity (Wildman–Crippen MR) is 105 cm³/mol. The molecule has 0 radical (unpaired) electrons. The van der Waals surface area contributed by atoms with Crippen LogP contribution in [0.5, 0.6) is 0 Å². The second-order valence-corrected chi connectivity index (χ2v) is 6.09. The summed E-state index contributed by atoms with van der Waals surface area (Å²) in [6.07, 6.45) is -0.0324. The molecule has 0 saturated heterocycles. The number of carbonyl (C=O) groups excluding carboxylic acids is 3. The van der Waals surface area contributed by atoms with Crippen LogP contribution < -0.4 is 5.32 Å². The van der Waals surface area contributed by atoms with Crippen molar-refractivity contribution in [2.24, 2.45) is 0 Å². The van der Waals surface area contributed by atoms with Crippen LogP contribution in [-0.4, -0.2) is 36.2 Å². The van der Waals surface area contributed by atoms with Gasteiger partial charge in [-0.25, -0.2) is 9.59 Å². The third-order valence-electron chi connectivity index (χ3n) is 4.02. The number of rotatable bonds is 7. The van der Waals surface area contributed by atoms with Crippen molar-refractivity contribution >= 4 is 34.5 Å². The van der Waals surface area contributed by atoms with Gasteiger partial charge in [-0.1, -0.05) is 17.3 Å². The summed E-state index contributed by atoms with van der Waals surface area (Å²) in [4.78, 5) is 36.7. The highest BCUT2D eigenvalue weighted by molar-refractivity contribution is 6.00. The second kappa shape index (κ2) is 9.01. The Bertz CT molecular complexity index is 1020. The van der Waals surface area contributed by atoms with Crippen molar-refractivity contribution in [1.29, 1.82) is 0 Å². The highest BCUT2D eigenvalue weighted by Crippen LogP contribution is 2.20. The predicted octanol–water partition coefficient (Wildman–Crippen LogP) is 3.36. The van der Waals surface area contributed by atoms with Gasteiger partial charge in [0.1, 0.15) is 5.69 Å². The average molecular weight is 396 g/mol. The number of amides is 1. The molecule has 8 heteroatoms. The van der Waals surface area contributed by atoms with Gasteiger partial charge in [0.25, 0.3) is 0 Å². The first-order valence-corrected chi connectivity index (χ1v) is 9.14. The van der Waals surface area contributed by atoms with Crippen molar-refractivity contribution in [2.75, 3.05) is 18.5 Å². The number of esters is 2. The highest BCUT2D eigenvalue weighted by atomic mass is 16.5. The van der Waals surface area contributed by atoms with E-state index >= 15 is 0 Å². The maximum absolute atomic E-state index is 12.5. The monoisotopic (exact) mass is 396 g/mol. The Morgan fingerprint density at radius 1 is 0.966 bits per heavy atom. The first-order chi connectivity index (χ1) is 14.0. The molecule has 3 rings (SSSR count). The van der Waals surface area contributed by atoms with Crippen LogP contribution in [0.25, 0.3) is 11.0 Å². The zero-order valence-corrected chi connectivity index (χ0v) is 16.1. The normalized spacial score (nSPS) is 10.6. The van der Waals surface area contributed by atoms with E-state index in [2.05, 4.69) is 10.5 Å². The molecular formula is C21H20N2O6. The summed E-state index contributed by atoms with van der Waals surface area (Å²) >= 11 is 0. The maximum Gasteiger partial charge on any atom is 0.338 e. The van der Waals surface area contributed by atoms with E-state index in [0.29, 0.717) is 11.3 Å². The number of hydrogen-bond donors (Lipinski definition) is 1. The molecule has 0 aliphatic heterocycles. The van der Waals surface area contributed by atoms with Crippen molar-refractivity contribution in [3.8, 4) is 0 Å². The molecule has 150 valence electrons. The largest absolute Gasteiger partial charge is 0.462 e. The SMILES string of the molecule is CCOC(=O)c1cc(NC(=O)Cc2noc3ccccc23)cc(C(=O)OCC)c1. The molecule has 0 fully saturated rings. The molecule has 0 unspecified atom stereocenters. The molecule has 29 heavy (non-hydrogen) atoms. The van der Waals surface area contributed by atoms with Gasteiger partial charge < -0.3 is 19.3 Å². The first-order valence-electron chi connectivity index (χ1n) is 9.14. The van der Waals surface area contributed by atoms with Crippen LogP contribution in [0.15, 0.2) is 47.0 Å². The van der Waals surface area contributed by atoms with Crippen molar-refractivity contribution in [3.05, 3.63) is 59.3 Å². The van der Waals surface area contributed by atoms with Gasteiger partial charge in [-0.05, 0) is 44.2 Å². The lowest BCUT2D eigenvalue weighted by Crippen LogP contribution is -2.16. The number of benzene rings is 2. The summed E-state index contributed by atoms with van der Waals surface area (Å²) in [5.74, 6) is -1.58. The van der Waals surface area contributed by atoms with E-state index in [1.807, 2.05) is 18.2 Å². The number of nitrogens with one attached hydrogen (secondary N) is 1. The fraction of sp³-hybridized carbons (Fsp3) is 0.238. The zero-order chi connectivity index (χ0) is 20.8. The van der Waals surface area contributed by atoms with Gasteiger partial charge in [0.05, 0.1) is 30.8 Å². The number of aromatic nitrogens is 1. The lowest BCUT2D eigenvalue weighted by Gasteiger charge is -2.10. The number of nitrogens with zero attached hydrogens (tertiary/aromatic N) is 1. The molecule has 0 aliphatic rings. The Hall–Kier alpha value is -3.68. The Morgan fingerprint density at radius 3 is 2.21 bits per heavy atom. The standard InChI is InChI=1S/C21H20N2O6/c1-3-27-20(25)13-9-14(21(26)28-4-2)11-15(10-13)22-19(24)12-17-16-7-5-6-8-18(16)29-23-17/h5-11H,3-4,12H2,1-2H3,(H,22,24). The van der Waals surface area contributed by atoms with E-state index in [-0.39, 0.29) is 42.4 Å². The van der Waals surface area contributed by atoms with Crippen molar-refractivity contribution in [1.82, 2.24) is 5.16 Å². The summed E-state index contributed by atoms with van der Waals surface area (Å²) in [5, 5.41) is 7.36. The number of carbonyl (C=O) groups is 3. The number of hydrogen-bond acceptors (Lipinski definition) is 7. The molecule has 0 atom stereocenters. The summed E-state index contributed by atoms with van der Waals surface area (Å²) in [5.41, 5.74) is 1.63. The van der Waals surface area contributed by atoms with Crippen LogP contribution in [-0.2, 0) is 20.7 Å². The van der Waals surface area contributed by atoms with Crippen molar-refractivity contribution in [3.63, 3.8) is 0 Å². The molecule has 1 amide bonds. The van der Waals surface area contributed by atoms with E-state index in [4.69, 9.17) is 14.0 Å². The first kappa shape index (κ1) is 20.1. The van der Waals surface area contributed by atoms with Crippen LogP contribution >= 0.6 is 0 Å². The molecule has 8 nitrogen and oxygen atoms in total. The fourth-order valence-electron chi connectivity index (χ4n) is 2.79. The topological polar surface area (TPSA) is 108 Å². The summed E-state index contributed by atoms with van der Waals surface area (Å²) in [7, 11) is 0. The summed E-state index contributed by atoms with van der Waals surface area (Å²) in [6, 6.07) is 11.5. The molecule has 1 N–H and O–H groups in total. The maximum atomic E-state index is 12.5. The van der Waals surface area contributed by atoms with Crippen LogP contribution in [0.3, 0.4) is 0 Å². The van der Waals surface area contributed by atoms with Crippen LogP contribution in [0, 0.1) is 0 Å². The Kier molecular flexibility index (Phi) is 6.23. The minimum absolute atomic E-state index is 0.0324. The Balaban J connectivity index is 1.83. The van der Waals surface area contributed by atoms with Gasteiger partial charge in [-0.15, -0.1) is 0 Å². The van der Waals surface area contributed by atoms with Gasteiger partial charge in [-0.3, -0.25) is 4.79 Å². The fourth-order valence-corrected chi connectivity index (χ4v) is 2.79.